The van der Waals surface area contributed by atoms with E-state index in [9.17, 15) is 13.2 Å². The molecule has 1 unspecified atom stereocenters. The molecule has 6 nitrogen and oxygen atoms in total. The first-order chi connectivity index (χ1) is 13.0. The van der Waals surface area contributed by atoms with Crippen molar-refractivity contribution in [2.24, 2.45) is 11.3 Å². The Hall–Kier alpha value is -1.44. The fourth-order valence-electron chi connectivity index (χ4n) is 4.71. The number of sulfonamides is 1. The molecule has 4 rings (SSSR count). The summed E-state index contributed by atoms with van der Waals surface area (Å²) in [6.45, 7) is 2.83. The maximum absolute atomic E-state index is 12.7. The van der Waals surface area contributed by atoms with E-state index in [1.54, 1.807) is 24.3 Å². The summed E-state index contributed by atoms with van der Waals surface area (Å²) in [7, 11) is -3.49. The van der Waals surface area contributed by atoms with E-state index in [-0.39, 0.29) is 23.3 Å². The standard InChI is InChI=1S/C20H28N2O4S/c23-19(16-7-14-26-15-8-16)22-12-10-20(11-13-22)9-6-18(20)21-27(24,25)17-4-2-1-3-5-17/h1-5,16,18,21H,6-15H2. The van der Waals surface area contributed by atoms with Gasteiger partial charge in [-0.05, 0) is 56.1 Å². The second-order valence-electron chi connectivity index (χ2n) is 8.10. The van der Waals surface area contributed by atoms with Gasteiger partial charge in [0.25, 0.3) is 0 Å². The van der Waals surface area contributed by atoms with Crippen LogP contribution in [0.3, 0.4) is 0 Å². The van der Waals surface area contributed by atoms with Crippen LogP contribution in [0.2, 0.25) is 0 Å². The van der Waals surface area contributed by atoms with E-state index in [0.29, 0.717) is 18.1 Å². The largest absolute Gasteiger partial charge is 0.381 e. The van der Waals surface area contributed by atoms with Gasteiger partial charge in [0, 0.05) is 38.3 Å². The molecule has 1 aromatic rings. The number of hydrogen-bond donors (Lipinski definition) is 1. The Morgan fingerprint density at radius 3 is 2.30 bits per heavy atom. The van der Waals surface area contributed by atoms with Crippen molar-refractivity contribution in [1.29, 1.82) is 0 Å². The lowest BCUT2D eigenvalue weighted by molar-refractivity contribution is -0.142. The first-order valence-corrected chi connectivity index (χ1v) is 11.4. The van der Waals surface area contributed by atoms with Crippen molar-refractivity contribution in [1.82, 2.24) is 9.62 Å². The zero-order valence-corrected chi connectivity index (χ0v) is 16.4. The van der Waals surface area contributed by atoms with E-state index in [1.165, 1.54) is 0 Å². The summed E-state index contributed by atoms with van der Waals surface area (Å²) in [6, 6.07) is 8.53. The molecule has 0 radical (unpaired) electrons. The lowest BCUT2D eigenvalue weighted by atomic mass is 9.59. The fourth-order valence-corrected chi connectivity index (χ4v) is 6.10. The lowest BCUT2D eigenvalue weighted by Gasteiger charge is -2.54. The van der Waals surface area contributed by atoms with Gasteiger partial charge in [-0.15, -0.1) is 0 Å². The number of nitrogens with one attached hydrogen (secondary N) is 1. The van der Waals surface area contributed by atoms with Gasteiger partial charge >= 0.3 is 0 Å². The van der Waals surface area contributed by atoms with Gasteiger partial charge in [0.2, 0.25) is 15.9 Å². The molecule has 148 valence electrons. The highest BCUT2D eigenvalue weighted by molar-refractivity contribution is 7.89. The molecule has 1 saturated carbocycles. The minimum atomic E-state index is -3.49. The SMILES string of the molecule is O=C(C1CCOCC1)N1CCC2(CCC2NS(=O)(=O)c2ccccc2)CC1. The molecule has 1 atom stereocenters. The summed E-state index contributed by atoms with van der Waals surface area (Å²) in [5.41, 5.74) is 0.00824. The molecule has 1 amide bonds. The second-order valence-corrected chi connectivity index (χ2v) is 9.81. The smallest absolute Gasteiger partial charge is 0.240 e. The molecule has 2 aliphatic heterocycles. The zero-order chi connectivity index (χ0) is 18.9. The predicted octanol–water partition coefficient (Wildman–Crippen LogP) is 2.16. The molecule has 2 heterocycles. The van der Waals surface area contributed by atoms with Crippen molar-refractivity contribution in [2.75, 3.05) is 26.3 Å². The lowest BCUT2D eigenvalue weighted by Crippen LogP contribution is -2.59. The van der Waals surface area contributed by atoms with Crippen molar-refractivity contribution in [3.63, 3.8) is 0 Å². The Balaban J connectivity index is 1.36. The van der Waals surface area contributed by atoms with Gasteiger partial charge < -0.3 is 9.64 Å². The minimum absolute atomic E-state index is 0.00824. The maximum Gasteiger partial charge on any atom is 0.240 e. The van der Waals surface area contributed by atoms with Gasteiger partial charge in [0.05, 0.1) is 4.90 Å². The van der Waals surface area contributed by atoms with Gasteiger partial charge in [0.1, 0.15) is 0 Å². The first kappa shape index (κ1) is 18.9. The Kier molecular flexibility index (Phi) is 5.27. The molecule has 1 spiro atoms. The summed E-state index contributed by atoms with van der Waals surface area (Å²) in [5, 5.41) is 0. The topological polar surface area (TPSA) is 75.7 Å². The highest BCUT2D eigenvalue weighted by Gasteiger charge is 2.50. The van der Waals surface area contributed by atoms with Crippen molar-refractivity contribution in [2.45, 2.75) is 49.5 Å². The number of carbonyl (C=O) groups is 1. The molecule has 1 aliphatic carbocycles. The van der Waals surface area contributed by atoms with Crippen molar-refractivity contribution in [3.8, 4) is 0 Å². The van der Waals surface area contributed by atoms with E-state index in [0.717, 1.165) is 51.6 Å². The molecule has 0 bridgehead atoms. The monoisotopic (exact) mass is 392 g/mol. The molecule has 7 heteroatoms. The number of hydrogen-bond acceptors (Lipinski definition) is 4. The van der Waals surface area contributed by atoms with E-state index in [4.69, 9.17) is 4.74 Å². The van der Waals surface area contributed by atoms with Crippen LogP contribution in [-0.2, 0) is 19.6 Å². The molecular weight excluding hydrogens is 364 g/mol. The summed E-state index contributed by atoms with van der Waals surface area (Å²) < 4.78 is 33.6. The van der Waals surface area contributed by atoms with Crippen molar-refractivity contribution in [3.05, 3.63) is 30.3 Å². The highest BCUT2D eigenvalue weighted by atomic mass is 32.2. The van der Waals surface area contributed by atoms with Crippen LogP contribution in [0.15, 0.2) is 35.2 Å². The number of nitrogens with zero attached hydrogens (tertiary/aromatic N) is 1. The quantitative estimate of drug-likeness (QED) is 0.852. The molecule has 27 heavy (non-hydrogen) atoms. The van der Waals surface area contributed by atoms with Crippen LogP contribution in [0.1, 0.15) is 38.5 Å². The molecule has 3 fully saturated rings. The number of piperidine rings is 1. The van der Waals surface area contributed by atoms with E-state index in [2.05, 4.69) is 4.72 Å². The second kappa shape index (κ2) is 7.53. The Morgan fingerprint density at radius 1 is 1.04 bits per heavy atom. The van der Waals surface area contributed by atoms with Crippen LogP contribution in [0.4, 0.5) is 0 Å². The Morgan fingerprint density at radius 2 is 1.70 bits per heavy atom. The van der Waals surface area contributed by atoms with Gasteiger partial charge in [-0.25, -0.2) is 13.1 Å². The average molecular weight is 393 g/mol. The van der Waals surface area contributed by atoms with E-state index >= 15 is 0 Å². The summed E-state index contributed by atoms with van der Waals surface area (Å²) >= 11 is 0. The van der Waals surface area contributed by atoms with Gasteiger partial charge in [-0.3, -0.25) is 4.79 Å². The number of rotatable bonds is 4. The normalized spacial score (nSPS) is 25.9. The number of ether oxygens (including phenoxy) is 1. The molecular formula is C20H28N2O4S. The average Bonchev–Trinajstić information content (AvgIpc) is 2.72. The van der Waals surface area contributed by atoms with Crippen LogP contribution >= 0.6 is 0 Å². The molecule has 3 aliphatic rings. The predicted molar refractivity (Wildman–Crippen MR) is 102 cm³/mol. The summed E-state index contributed by atoms with van der Waals surface area (Å²) in [4.78, 5) is 15.0. The molecule has 1 N–H and O–H groups in total. The number of likely N-dealkylation sites (tertiary alicyclic amines) is 1. The third-order valence-corrected chi connectivity index (χ3v) is 8.15. The minimum Gasteiger partial charge on any atom is -0.381 e. The molecule has 1 aromatic carbocycles. The molecule has 0 aromatic heterocycles. The van der Waals surface area contributed by atoms with E-state index in [1.807, 2.05) is 11.0 Å². The van der Waals surface area contributed by atoms with Crippen LogP contribution in [-0.4, -0.2) is 51.6 Å². The van der Waals surface area contributed by atoms with Crippen LogP contribution in [0.25, 0.3) is 0 Å². The van der Waals surface area contributed by atoms with E-state index < -0.39 is 10.0 Å². The van der Waals surface area contributed by atoms with Gasteiger partial charge in [0.15, 0.2) is 0 Å². The third kappa shape index (κ3) is 3.77. The fraction of sp³-hybridized carbons (Fsp3) is 0.650. The summed E-state index contributed by atoms with van der Waals surface area (Å²) in [5.74, 6) is 0.357. The number of carbonyl (C=O) groups excluding carboxylic acids is 1. The Labute approximate surface area is 161 Å². The summed E-state index contributed by atoms with van der Waals surface area (Å²) in [6.07, 6.45) is 5.31. The van der Waals surface area contributed by atoms with Crippen LogP contribution < -0.4 is 4.72 Å². The molecule has 2 saturated heterocycles. The van der Waals surface area contributed by atoms with Crippen LogP contribution in [0.5, 0.6) is 0 Å². The number of benzene rings is 1. The Bertz CT molecular complexity index is 766. The first-order valence-electron chi connectivity index (χ1n) is 9.94. The zero-order valence-electron chi connectivity index (χ0n) is 15.6. The van der Waals surface area contributed by atoms with Gasteiger partial charge in [-0.1, -0.05) is 18.2 Å². The third-order valence-electron chi connectivity index (χ3n) is 6.66. The maximum atomic E-state index is 12.7. The van der Waals surface area contributed by atoms with Gasteiger partial charge in [-0.2, -0.15) is 0 Å². The highest BCUT2D eigenvalue weighted by Crippen LogP contribution is 2.49. The van der Waals surface area contributed by atoms with Crippen molar-refractivity contribution >= 4 is 15.9 Å². The van der Waals surface area contributed by atoms with Crippen molar-refractivity contribution < 1.29 is 17.9 Å². The van der Waals surface area contributed by atoms with Crippen LogP contribution in [0, 0.1) is 11.3 Å². The number of amides is 1.